The van der Waals surface area contributed by atoms with Crippen molar-refractivity contribution in [1.29, 1.82) is 0 Å². The summed E-state index contributed by atoms with van der Waals surface area (Å²) in [5.74, 6) is 0. The average molecular weight is 230 g/mol. The van der Waals surface area contributed by atoms with Gasteiger partial charge in [0, 0.05) is 0 Å². The Labute approximate surface area is 68.8 Å². The van der Waals surface area contributed by atoms with Crippen molar-refractivity contribution < 1.29 is 9.05 Å². The minimum absolute atomic E-state index is 0.269. The van der Waals surface area contributed by atoms with Gasteiger partial charge < -0.3 is 0 Å². The Morgan fingerprint density at radius 3 is 2.78 bits per heavy atom. The molecule has 1 aliphatic rings. The standard InChI is InChI=1S/C4H9O2PSSe/c1-4-2-3-5-7(8,9)6-4/h4H,2-3H2,1H3,(H,8,9)/p-1. The van der Waals surface area contributed by atoms with E-state index in [1.165, 1.54) is 0 Å². The maximum atomic E-state index is 5.32. The molecule has 0 aliphatic carbocycles. The van der Waals surface area contributed by atoms with Crippen molar-refractivity contribution in [2.24, 2.45) is 0 Å². The molecule has 1 saturated heterocycles. The summed E-state index contributed by atoms with van der Waals surface area (Å²) in [6.07, 6.45) is 1.23. The Morgan fingerprint density at radius 1 is 1.78 bits per heavy atom. The van der Waals surface area contributed by atoms with Crippen LogP contribution in [0.15, 0.2) is 0 Å². The van der Waals surface area contributed by atoms with Crippen LogP contribution in [-0.2, 0) is 21.3 Å². The summed E-state index contributed by atoms with van der Waals surface area (Å²) in [5.41, 5.74) is -1.93. The fourth-order valence-corrected chi connectivity index (χ4v) is 3.63. The molecule has 0 aromatic carbocycles. The predicted molar refractivity (Wildman–Crippen MR) is 41.2 cm³/mol. The first-order chi connectivity index (χ1) is 4.10. The molecule has 0 amide bonds. The number of hydrogen-bond acceptors (Lipinski definition) is 3. The number of hydrogen-bond donors (Lipinski definition) is 0. The third kappa shape index (κ3) is 2.75. The quantitative estimate of drug-likeness (QED) is 0.354. The van der Waals surface area contributed by atoms with Gasteiger partial charge in [-0.2, -0.15) is 0 Å². The van der Waals surface area contributed by atoms with Crippen LogP contribution in [0.2, 0.25) is 0 Å². The van der Waals surface area contributed by atoms with Crippen LogP contribution < -0.4 is 0 Å². The van der Waals surface area contributed by atoms with E-state index in [1.807, 2.05) is 6.92 Å². The predicted octanol–water partition coefficient (Wildman–Crippen LogP) is 1.20. The van der Waals surface area contributed by atoms with Crippen LogP contribution in [0.5, 0.6) is 0 Å². The summed E-state index contributed by atoms with van der Waals surface area (Å²) < 4.78 is 10.5. The molecule has 0 N–H and O–H groups in total. The zero-order valence-electron chi connectivity index (χ0n) is 5.07. The molecule has 9 heavy (non-hydrogen) atoms. The first kappa shape index (κ1) is 8.32. The second kappa shape index (κ2) is 3.08. The van der Waals surface area contributed by atoms with Gasteiger partial charge in [-0.1, -0.05) is 0 Å². The SMILES string of the molecule is CC1CCO[P+]([S-])([Se-])O1. The molecular weight excluding hydrogens is 222 g/mol. The summed E-state index contributed by atoms with van der Waals surface area (Å²) in [5, 5.41) is 0. The minimum atomic E-state index is -1.93. The summed E-state index contributed by atoms with van der Waals surface area (Å²) >= 11 is 7.75. The summed E-state index contributed by atoms with van der Waals surface area (Å²) in [7, 11) is 0. The molecule has 1 fully saturated rings. The molecule has 1 aliphatic heterocycles. The van der Waals surface area contributed by atoms with Crippen molar-refractivity contribution >= 4 is 33.4 Å². The molecular formula is C4H8O2PSSe-. The molecule has 0 saturated carbocycles. The van der Waals surface area contributed by atoms with Crippen LogP contribution in [0.3, 0.4) is 0 Å². The Hall–Kier alpha value is 1.22. The Balaban J connectivity index is 2.41. The van der Waals surface area contributed by atoms with E-state index in [-0.39, 0.29) is 6.10 Å². The monoisotopic (exact) mass is 231 g/mol. The molecule has 1 rings (SSSR count). The van der Waals surface area contributed by atoms with Crippen molar-refractivity contribution in [1.82, 2.24) is 0 Å². The van der Waals surface area contributed by atoms with E-state index in [1.54, 1.807) is 0 Å². The molecule has 0 aromatic rings. The first-order valence-electron chi connectivity index (χ1n) is 2.74. The van der Waals surface area contributed by atoms with Crippen LogP contribution in [0.4, 0.5) is 0 Å². The maximum absolute atomic E-state index is 5.32. The van der Waals surface area contributed by atoms with Gasteiger partial charge in [0.1, 0.15) is 0 Å². The van der Waals surface area contributed by atoms with E-state index in [9.17, 15) is 0 Å². The van der Waals surface area contributed by atoms with Crippen LogP contribution in [0.25, 0.3) is 0 Å². The second-order valence-corrected chi connectivity index (χ2v) is 9.38. The topological polar surface area (TPSA) is 18.5 Å². The zero-order chi connectivity index (χ0) is 6.91. The number of rotatable bonds is 0. The van der Waals surface area contributed by atoms with Gasteiger partial charge in [0.25, 0.3) is 0 Å². The first-order valence-corrected chi connectivity index (χ1v) is 7.59. The molecule has 2 atom stereocenters. The average Bonchev–Trinajstić information content (AvgIpc) is 1.60. The van der Waals surface area contributed by atoms with E-state index in [2.05, 4.69) is 15.6 Å². The van der Waals surface area contributed by atoms with Crippen molar-refractivity contribution in [2.75, 3.05) is 6.61 Å². The van der Waals surface area contributed by atoms with Crippen LogP contribution in [0, 0.1) is 0 Å². The molecule has 1 heterocycles. The van der Waals surface area contributed by atoms with Gasteiger partial charge >= 0.3 is 68.5 Å². The third-order valence-corrected chi connectivity index (χ3v) is 3.98. The molecule has 5 heteroatoms. The summed E-state index contributed by atoms with van der Waals surface area (Å²) in [6, 6.07) is 0. The van der Waals surface area contributed by atoms with Crippen LogP contribution in [-0.4, -0.2) is 28.3 Å². The van der Waals surface area contributed by atoms with Gasteiger partial charge in [0.05, 0.1) is 0 Å². The molecule has 0 spiro atoms. The molecule has 0 aromatic heterocycles. The normalized spacial score (nSPS) is 45.0. The Kier molecular flexibility index (Phi) is 2.85. The van der Waals surface area contributed by atoms with E-state index < -0.39 is 5.61 Å². The van der Waals surface area contributed by atoms with Crippen LogP contribution in [0.1, 0.15) is 13.3 Å². The fraction of sp³-hybridized carbons (Fsp3) is 1.00. The Morgan fingerprint density at radius 2 is 2.44 bits per heavy atom. The van der Waals surface area contributed by atoms with E-state index in [0.717, 1.165) is 13.0 Å². The van der Waals surface area contributed by atoms with Crippen molar-refractivity contribution in [2.45, 2.75) is 19.4 Å². The summed E-state index contributed by atoms with van der Waals surface area (Å²) in [4.78, 5) is 0. The van der Waals surface area contributed by atoms with Gasteiger partial charge in [0.2, 0.25) is 0 Å². The van der Waals surface area contributed by atoms with Crippen molar-refractivity contribution in [3.63, 3.8) is 0 Å². The molecule has 2 unspecified atom stereocenters. The molecule has 54 valence electrons. The van der Waals surface area contributed by atoms with E-state index in [4.69, 9.17) is 21.3 Å². The molecule has 2 nitrogen and oxygen atoms in total. The Bertz CT molecular complexity index is 111. The summed E-state index contributed by atoms with van der Waals surface area (Å²) in [6.45, 7) is 2.76. The van der Waals surface area contributed by atoms with E-state index in [0.29, 0.717) is 0 Å². The molecule has 0 radical (unpaired) electrons. The van der Waals surface area contributed by atoms with Crippen LogP contribution >= 0.6 is 5.61 Å². The van der Waals surface area contributed by atoms with Gasteiger partial charge in [0.15, 0.2) is 0 Å². The third-order valence-electron chi connectivity index (χ3n) is 1.08. The molecule has 0 bridgehead atoms. The van der Waals surface area contributed by atoms with E-state index >= 15 is 0 Å². The zero-order valence-corrected chi connectivity index (χ0v) is 8.50. The van der Waals surface area contributed by atoms with Gasteiger partial charge in [-0.15, -0.1) is 0 Å². The van der Waals surface area contributed by atoms with Crippen molar-refractivity contribution in [3.8, 4) is 0 Å². The van der Waals surface area contributed by atoms with Crippen molar-refractivity contribution in [3.05, 3.63) is 0 Å². The second-order valence-electron chi connectivity index (χ2n) is 1.99. The van der Waals surface area contributed by atoms with Gasteiger partial charge in [-0.05, 0) is 0 Å². The fourth-order valence-electron chi connectivity index (χ4n) is 0.634. The van der Waals surface area contributed by atoms with Gasteiger partial charge in [-0.25, -0.2) is 0 Å². The van der Waals surface area contributed by atoms with Gasteiger partial charge in [-0.3, -0.25) is 0 Å².